The van der Waals surface area contributed by atoms with Crippen LogP contribution in [0.2, 0.25) is 0 Å². The van der Waals surface area contributed by atoms with Crippen molar-refractivity contribution in [2.24, 2.45) is 10.7 Å². The van der Waals surface area contributed by atoms with Crippen LogP contribution in [-0.2, 0) is 4.74 Å². The fourth-order valence-electron chi connectivity index (χ4n) is 4.21. The minimum Gasteiger partial charge on any atom is -0.404 e. The average Bonchev–Trinajstić information content (AvgIpc) is 3.38. The van der Waals surface area contributed by atoms with Crippen LogP contribution in [0, 0.1) is 0 Å². The Balaban J connectivity index is 1.60. The molecule has 8 nitrogen and oxygen atoms in total. The van der Waals surface area contributed by atoms with Gasteiger partial charge in [0.05, 0.1) is 29.9 Å². The molecule has 1 aromatic heterocycles. The Morgan fingerprint density at radius 3 is 2.62 bits per heavy atom. The standard InChI is InChI=1S/C21H30N6O2/c1-13-10-27(11-18(29-13)15(8-22)9-24-16-6-7-16)21-25-19(14-4-2-3-5-14)17(12-28)20(23)26-21/h8-9,12-14,16,18H,2-7,10-11,22H2,1H3,(H2,23,25,26)/b15-8+,24-9?. The summed E-state index contributed by atoms with van der Waals surface area (Å²) in [7, 11) is 0. The summed E-state index contributed by atoms with van der Waals surface area (Å²) in [5.74, 6) is 1.09. The molecule has 0 amide bonds. The molecule has 2 heterocycles. The smallest absolute Gasteiger partial charge is 0.227 e. The molecule has 29 heavy (non-hydrogen) atoms. The summed E-state index contributed by atoms with van der Waals surface area (Å²) < 4.78 is 6.12. The maximum absolute atomic E-state index is 11.6. The van der Waals surface area contributed by atoms with Gasteiger partial charge in [0.1, 0.15) is 11.9 Å². The Hall–Kier alpha value is -2.48. The quantitative estimate of drug-likeness (QED) is 0.557. The van der Waals surface area contributed by atoms with Crippen molar-refractivity contribution in [1.82, 2.24) is 9.97 Å². The van der Waals surface area contributed by atoms with Gasteiger partial charge in [0.25, 0.3) is 0 Å². The van der Waals surface area contributed by atoms with Crippen LogP contribution in [0.4, 0.5) is 11.8 Å². The van der Waals surface area contributed by atoms with Gasteiger partial charge in [0.15, 0.2) is 6.29 Å². The van der Waals surface area contributed by atoms with Gasteiger partial charge in [0.2, 0.25) is 5.95 Å². The summed E-state index contributed by atoms with van der Waals surface area (Å²) in [6, 6.07) is 0.426. The van der Waals surface area contributed by atoms with Gasteiger partial charge in [-0.25, -0.2) is 4.98 Å². The monoisotopic (exact) mass is 398 g/mol. The highest BCUT2D eigenvalue weighted by molar-refractivity contribution is 5.84. The summed E-state index contributed by atoms with van der Waals surface area (Å²) >= 11 is 0. The lowest BCUT2D eigenvalue weighted by Crippen LogP contribution is -2.48. The maximum Gasteiger partial charge on any atom is 0.227 e. The number of anilines is 2. The zero-order chi connectivity index (χ0) is 20.4. The Bertz CT molecular complexity index is 814. The first-order chi connectivity index (χ1) is 14.1. The van der Waals surface area contributed by atoms with Crippen LogP contribution in [0.15, 0.2) is 16.8 Å². The van der Waals surface area contributed by atoms with Crippen molar-refractivity contribution in [1.29, 1.82) is 0 Å². The summed E-state index contributed by atoms with van der Waals surface area (Å²) in [5.41, 5.74) is 14.1. The van der Waals surface area contributed by atoms with Crippen LogP contribution in [0.3, 0.4) is 0 Å². The van der Waals surface area contributed by atoms with Crippen LogP contribution in [-0.4, -0.2) is 53.8 Å². The number of carbonyl (C=O) groups excluding carboxylic acids is 1. The second-order valence-corrected chi connectivity index (χ2v) is 8.32. The molecule has 1 aromatic rings. The molecule has 0 radical (unpaired) electrons. The molecule has 8 heteroatoms. The van der Waals surface area contributed by atoms with Crippen molar-refractivity contribution in [2.75, 3.05) is 23.7 Å². The van der Waals surface area contributed by atoms with E-state index in [0.29, 0.717) is 30.6 Å². The molecule has 2 saturated carbocycles. The van der Waals surface area contributed by atoms with Crippen LogP contribution in [0.1, 0.15) is 67.4 Å². The number of aliphatic imine (C=N–C) groups is 1. The van der Waals surface area contributed by atoms with E-state index in [-0.39, 0.29) is 23.9 Å². The fraction of sp³-hybridized carbons (Fsp3) is 0.619. The van der Waals surface area contributed by atoms with E-state index in [1.54, 1.807) is 6.20 Å². The molecule has 1 aliphatic heterocycles. The van der Waals surface area contributed by atoms with E-state index in [1.807, 2.05) is 13.1 Å². The molecular weight excluding hydrogens is 368 g/mol. The third kappa shape index (κ3) is 4.42. The van der Waals surface area contributed by atoms with Gasteiger partial charge in [-0.1, -0.05) is 12.8 Å². The van der Waals surface area contributed by atoms with Gasteiger partial charge in [-0.2, -0.15) is 4.98 Å². The van der Waals surface area contributed by atoms with Gasteiger partial charge in [-0.05, 0) is 32.6 Å². The summed E-state index contributed by atoms with van der Waals surface area (Å²) in [6.07, 6.45) is 10.6. The molecule has 2 unspecified atom stereocenters. The largest absolute Gasteiger partial charge is 0.404 e. The number of morpholine rings is 1. The van der Waals surface area contributed by atoms with E-state index in [9.17, 15) is 4.79 Å². The van der Waals surface area contributed by atoms with Crippen LogP contribution < -0.4 is 16.4 Å². The third-order valence-electron chi connectivity index (χ3n) is 5.94. The third-order valence-corrected chi connectivity index (χ3v) is 5.94. The van der Waals surface area contributed by atoms with Gasteiger partial charge in [-0.15, -0.1) is 0 Å². The number of nitrogens with two attached hydrogens (primary N) is 2. The summed E-state index contributed by atoms with van der Waals surface area (Å²) in [5, 5.41) is 0. The molecule has 0 bridgehead atoms. The first-order valence-electron chi connectivity index (χ1n) is 10.6. The summed E-state index contributed by atoms with van der Waals surface area (Å²) in [4.78, 5) is 27.5. The lowest BCUT2D eigenvalue weighted by Gasteiger charge is -2.37. The van der Waals surface area contributed by atoms with Gasteiger partial charge < -0.3 is 21.1 Å². The van der Waals surface area contributed by atoms with E-state index < -0.39 is 0 Å². The minimum absolute atomic E-state index is 0.0245. The van der Waals surface area contributed by atoms with Crippen molar-refractivity contribution in [3.63, 3.8) is 0 Å². The van der Waals surface area contributed by atoms with Crippen LogP contribution >= 0.6 is 0 Å². The molecule has 4 rings (SSSR count). The molecular formula is C21H30N6O2. The van der Waals surface area contributed by atoms with Crippen LogP contribution in [0.25, 0.3) is 0 Å². The molecule has 0 aromatic carbocycles. The summed E-state index contributed by atoms with van der Waals surface area (Å²) in [6.45, 7) is 3.23. The number of nitrogens with zero attached hydrogens (tertiary/aromatic N) is 4. The topological polar surface area (TPSA) is 120 Å². The van der Waals surface area contributed by atoms with Gasteiger partial charge in [-0.3, -0.25) is 9.79 Å². The van der Waals surface area contributed by atoms with Gasteiger partial charge in [0, 0.05) is 30.5 Å². The Labute approximate surface area is 171 Å². The molecule has 1 saturated heterocycles. The molecule has 156 valence electrons. The SMILES string of the molecule is CC1CN(c2nc(N)c(C=O)c(C3CCCC3)n2)CC(/C(C=NC2CC2)=C/N)O1. The normalized spacial score (nSPS) is 26.4. The van der Waals surface area contributed by atoms with E-state index >= 15 is 0 Å². The number of aldehydes is 1. The van der Waals surface area contributed by atoms with Crippen molar-refractivity contribution >= 4 is 24.3 Å². The lowest BCUT2D eigenvalue weighted by atomic mass is 9.99. The molecule has 0 spiro atoms. The van der Waals surface area contributed by atoms with Crippen LogP contribution in [0.5, 0.6) is 0 Å². The number of nitrogen functional groups attached to an aromatic ring is 1. The fourth-order valence-corrected chi connectivity index (χ4v) is 4.21. The molecule has 3 aliphatic rings. The minimum atomic E-state index is -0.211. The molecule has 4 N–H and O–H groups in total. The average molecular weight is 399 g/mol. The number of aromatic nitrogens is 2. The highest BCUT2D eigenvalue weighted by atomic mass is 16.5. The zero-order valence-corrected chi connectivity index (χ0v) is 17.0. The van der Waals surface area contributed by atoms with Crippen molar-refractivity contribution < 1.29 is 9.53 Å². The highest BCUT2D eigenvalue weighted by Crippen LogP contribution is 2.36. The first kappa shape index (κ1) is 19.8. The van der Waals surface area contributed by atoms with E-state index in [0.717, 1.165) is 56.1 Å². The molecule has 2 aliphatic carbocycles. The number of ether oxygens (including phenoxy) is 1. The Morgan fingerprint density at radius 1 is 1.21 bits per heavy atom. The maximum atomic E-state index is 11.6. The Morgan fingerprint density at radius 2 is 1.97 bits per heavy atom. The number of hydrogen-bond acceptors (Lipinski definition) is 8. The van der Waals surface area contributed by atoms with Gasteiger partial charge >= 0.3 is 0 Å². The molecule has 3 fully saturated rings. The second kappa shape index (κ2) is 8.49. The zero-order valence-electron chi connectivity index (χ0n) is 17.0. The van der Waals surface area contributed by atoms with E-state index in [2.05, 4.69) is 14.9 Å². The van der Waals surface area contributed by atoms with E-state index in [4.69, 9.17) is 21.2 Å². The van der Waals surface area contributed by atoms with Crippen molar-refractivity contribution in [2.45, 2.75) is 69.6 Å². The second-order valence-electron chi connectivity index (χ2n) is 8.32. The predicted octanol–water partition coefficient (Wildman–Crippen LogP) is 2.20. The molecule has 2 atom stereocenters. The lowest BCUT2D eigenvalue weighted by molar-refractivity contribution is 0.00663. The highest BCUT2D eigenvalue weighted by Gasteiger charge is 2.31. The Kier molecular flexibility index (Phi) is 5.80. The van der Waals surface area contributed by atoms with E-state index in [1.165, 1.54) is 0 Å². The number of rotatable bonds is 6. The van der Waals surface area contributed by atoms with Crippen molar-refractivity contribution in [3.8, 4) is 0 Å². The van der Waals surface area contributed by atoms with Crippen molar-refractivity contribution in [3.05, 3.63) is 23.0 Å². The first-order valence-corrected chi connectivity index (χ1v) is 10.6. The number of carbonyl (C=O) groups is 1. The number of hydrogen-bond donors (Lipinski definition) is 2. The predicted molar refractivity (Wildman–Crippen MR) is 113 cm³/mol.